The molecule has 0 bridgehead atoms. The van der Waals surface area contributed by atoms with Crippen LogP contribution in [-0.4, -0.2) is 10.9 Å². The van der Waals surface area contributed by atoms with Crippen molar-refractivity contribution in [3.05, 3.63) is 35.8 Å². The number of fused-ring (bicyclic) bond motifs is 1. The number of carbonyl (C=O) groups is 1. The third-order valence-electron chi connectivity index (χ3n) is 2.25. The highest BCUT2D eigenvalue weighted by Gasteiger charge is 2.12. The molecule has 0 aliphatic rings. The van der Waals surface area contributed by atoms with Gasteiger partial charge in [-0.3, -0.25) is 15.2 Å². The van der Waals surface area contributed by atoms with Crippen LogP contribution in [0.15, 0.2) is 24.4 Å². The van der Waals surface area contributed by atoms with Gasteiger partial charge in [-0.1, -0.05) is 0 Å². The smallest absolute Gasteiger partial charge is 0.268 e. The van der Waals surface area contributed by atoms with Crippen LogP contribution in [0.3, 0.4) is 0 Å². The van der Waals surface area contributed by atoms with Crippen molar-refractivity contribution >= 4 is 22.5 Å². The fourth-order valence-electron chi connectivity index (χ4n) is 1.44. The van der Waals surface area contributed by atoms with Gasteiger partial charge in [0, 0.05) is 11.6 Å². The molecule has 0 atom stereocenters. The normalized spacial score (nSPS) is 10.4. The Morgan fingerprint density at radius 3 is 2.88 bits per heavy atom. The Bertz CT molecular complexity index is 570. The predicted octanol–water partition coefficient (Wildman–Crippen LogP) is 0.560. The summed E-state index contributed by atoms with van der Waals surface area (Å²) >= 11 is 0. The first kappa shape index (κ1) is 10.3. The fourth-order valence-corrected chi connectivity index (χ4v) is 1.44. The number of pyridine rings is 1. The Labute approximate surface area is 90.2 Å². The molecule has 1 heterocycles. The first-order chi connectivity index (χ1) is 7.63. The molecule has 16 heavy (non-hydrogen) atoms. The minimum Gasteiger partial charge on any atom is -0.397 e. The number of nitrogens with two attached hydrogens (primary N) is 2. The van der Waals surface area contributed by atoms with Crippen molar-refractivity contribution in [2.45, 2.75) is 0 Å². The lowest BCUT2D eigenvalue weighted by Gasteiger charge is -2.06. The van der Waals surface area contributed by atoms with Gasteiger partial charge < -0.3 is 5.73 Å². The Balaban J connectivity index is 2.72. The van der Waals surface area contributed by atoms with Crippen LogP contribution in [0.4, 0.5) is 10.1 Å². The first-order valence-electron chi connectivity index (χ1n) is 4.48. The van der Waals surface area contributed by atoms with E-state index in [0.29, 0.717) is 10.9 Å². The quantitative estimate of drug-likeness (QED) is 0.372. The average molecular weight is 220 g/mol. The number of rotatable bonds is 1. The maximum absolute atomic E-state index is 13.0. The summed E-state index contributed by atoms with van der Waals surface area (Å²) in [4.78, 5) is 15.3. The zero-order valence-corrected chi connectivity index (χ0v) is 8.20. The Hall–Kier alpha value is -2.21. The summed E-state index contributed by atoms with van der Waals surface area (Å²) in [5.41, 5.74) is 8.50. The topological polar surface area (TPSA) is 94.0 Å². The summed E-state index contributed by atoms with van der Waals surface area (Å²) in [7, 11) is 0. The lowest BCUT2D eigenvalue weighted by Crippen LogP contribution is -2.30. The lowest BCUT2D eigenvalue weighted by atomic mass is 10.1. The van der Waals surface area contributed by atoms with Gasteiger partial charge in [0.05, 0.1) is 16.8 Å². The largest absolute Gasteiger partial charge is 0.397 e. The van der Waals surface area contributed by atoms with Gasteiger partial charge >= 0.3 is 0 Å². The number of carbonyl (C=O) groups excluding carboxylic acids is 1. The number of nitrogen functional groups attached to an aromatic ring is 2. The van der Waals surface area contributed by atoms with Crippen molar-refractivity contribution in [3.63, 3.8) is 0 Å². The highest BCUT2D eigenvalue weighted by molar-refractivity contribution is 6.05. The number of hydrazine groups is 1. The van der Waals surface area contributed by atoms with Crippen molar-refractivity contribution in [2.24, 2.45) is 5.84 Å². The van der Waals surface area contributed by atoms with Crippen molar-refractivity contribution in [1.82, 2.24) is 10.4 Å². The molecular formula is C10H9FN4O. The Morgan fingerprint density at radius 2 is 2.19 bits per heavy atom. The molecule has 5 nitrogen and oxygen atoms in total. The Morgan fingerprint density at radius 1 is 1.44 bits per heavy atom. The molecule has 2 rings (SSSR count). The predicted molar refractivity (Wildman–Crippen MR) is 57.8 cm³/mol. The van der Waals surface area contributed by atoms with Gasteiger partial charge in [-0.2, -0.15) is 0 Å². The summed E-state index contributed by atoms with van der Waals surface area (Å²) in [6.07, 6.45) is 1.30. The molecule has 0 spiro atoms. The second-order valence-electron chi connectivity index (χ2n) is 3.22. The second-order valence-corrected chi connectivity index (χ2v) is 3.22. The van der Waals surface area contributed by atoms with E-state index in [1.165, 1.54) is 24.4 Å². The van der Waals surface area contributed by atoms with Gasteiger partial charge in [-0.05, 0) is 18.2 Å². The van der Waals surface area contributed by atoms with E-state index in [4.69, 9.17) is 11.6 Å². The number of aromatic nitrogens is 1. The molecule has 0 radical (unpaired) electrons. The van der Waals surface area contributed by atoms with Gasteiger partial charge in [0.1, 0.15) is 5.82 Å². The van der Waals surface area contributed by atoms with E-state index in [-0.39, 0.29) is 11.3 Å². The third-order valence-corrected chi connectivity index (χ3v) is 2.25. The van der Waals surface area contributed by atoms with Crippen LogP contribution in [0.2, 0.25) is 0 Å². The molecule has 0 aliphatic carbocycles. The summed E-state index contributed by atoms with van der Waals surface area (Å²) in [6, 6.07) is 3.99. The second kappa shape index (κ2) is 3.74. The molecule has 1 aromatic carbocycles. The summed E-state index contributed by atoms with van der Waals surface area (Å²) in [5, 5.41) is 0.390. The third kappa shape index (κ3) is 1.55. The molecular weight excluding hydrogens is 211 g/mol. The number of nitrogens with one attached hydrogen (secondary N) is 1. The van der Waals surface area contributed by atoms with Crippen LogP contribution >= 0.6 is 0 Å². The number of hydrogen-bond acceptors (Lipinski definition) is 4. The van der Waals surface area contributed by atoms with Gasteiger partial charge in [0.15, 0.2) is 0 Å². The molecule has 6 heteroatoms. The van der Waals surface area contributed by atoms with Crippen LogP contribution in [0.25, 0.3) is 10.9 Å². The van der Waals surface area contributed by atoms with Crippen LogP contribution in [0.5, 0.6) is 0 Å². The maximum atomic E-state index is 13.0. The molecule has 0 saturated heterocycles. The first-order valence-corrected chi connectivity index (χ1v) is 4.48. The Kier molecular flexibility index (Phi) is 2.41. The number of anilines is 1. The SMILES string of the molecule is NNC(=O)c1cnc2ccc(F)cc2c1N. The average Bonchev–Trinajstić information content (AvgIpc) is 2.29. The highest BCUT2D eigenvalue weighted by Crippen LogP contribution is 2.23. The monoisotopic (exact) mass is 220 g/mol. The van der Waals surface area contributed by atoms with Gasteiger partial charge in [-0.25, -0.2) is 10.2 Å². The zero-order chi connectivity index (χ0) is 11.7. The molecule has 5 N–H and O–H groups in total. The minimum atomic E-state index is -0.559. The summed E-state index contributed by atoms with van der Waals surface area (Å²) in [5.74, 6) is 3.99. The molecule has 1 amide bonds. The minimum absolute atomic E-state index is 0.126. The van der Waals surface area contributed by atoms with Gasteiger partial charge in [0.2, 0.25) is 0 Å². The van der Waals surface area contributed by atoms with Gasteiger partial charge in [0.25, 0.3) is 5.91 Å². The van der Waals surface area contributed by atoms with E-state index in [9.17, 15) is 9.18 Å². The van der Waals surface area contributed by atoms with E-state index in [0.717, 1.165) is 0 Å². The van der Waals surface area contributed by atoms with Crippen molar-refractivity contribution in [2.75, 3.05) is 5.73 Å². The maximum Gasteiger partial charge on any atom is 0.268 e. The zero-order valence-electron chi connectivity index (χ0n) is 8.20. The number of nitrogens with zero attached hydrogens (tertiary/aromatic N) is 1. The summed E-state index contributed by atoms with van der Waals surface area (Å²) < 4.78 is 13.0. The molecule has 2 aromatic rings. The van der Waals surface area contributed by atoms with E-state index < -0.39 is 11.7 Å². The molecule has 0 unspecified atom stereocenters. The number of amides is 1. The van der Waals surface area contributed by atoms with Crippen LogP contribution < -0.4 is 17.0 Å². The lowest BCUT2D eigenvalue weighted by molar-refractivity contribution is 0.0954. The molecule has 82 valence electrons. The van der Waals surface area contributed by atoms with Gasteiger partial charge in [-0.15, -0.1) is 0 Å². The van der Waals surface area contributed by atoms with Crippen LogP contribution in [0.1, 0.15) is 10.4 Å². The van der Waals surface area contributed by atoms with E-state index in [1.807, 2.05) is 5.43 Å². The fraction of sp³-hybridized carbons (Fsp3) is 0. The molecule has 0 aliphatic heterocycles. The summed E-state index contributed by atoms with van der Waals surface area (Å²) in [6.45, 7) is 0. The van der Waals surface area contributed by atoms with Crippen molar-refractivity contribution < 1.29 is 9.18 Å². The van der Waals surface area contributed by atoms with Crippen LogP contribution in [-0.2, 0) is 0 Å². The van der Waals surface area contributed by atoms with Crippen molar-refractivity contribution in [1.29, 1.82) is 0 Å². The number of halogens is 1. The number of hydrogen-bond donors (Lipinski definition) is 3. The van der Waals surface area contributed by atoms with E-state index >= 15 is 0 Å². The molecule has 0 saturated carbocycles. The number of benzene rings is 1. The molecule has 1 aromatic heterocycles. The van der Waals surface area contributed by atoms with Crippen LogP contribution in [0, 0.1) is 5.82 Å². The van der Waals surface area contributed by atoms with E-state index in [2.05, 4.69) is 4.98 Å². The highest BCUT2D eigenvalue weighted by atomic mass is 19.1. The van der Waals surface area contributed by atoms with E-state index in [1.54, 1.807) is 0 Å². The van der Waals surface area contributed by atoms with Crippen molar-refractivity contribution in [3.8, 4) is 0 Å². The standard InChI is InChI=1S/C10H9FN4O/c11-5-1-2-8-6(3-5)9(12)7(4-14-8)10(16)15-13/h1-4H,13H2,(H2,12,14)(H,15,16). The molecule has 0 fully saturated rings.